The maximum atomic E-state index is 6.28. The number of rotatable bonds is 9. The second-order valence-corrected chi connectivity index (χ2v) is 7.14. The Kier molecular flexibility index (Phi) is 6.29. The van der Waals surface area contributed by atoms with Crippen LogP contribution in [0, 0.1) is 0 Å². The van der Waals surface area contributed by atoms with Crippen LogP contribution in [0.4, 0.5) is 0 Å². The fourth-order valence-electron chi connectivity index (χ4n) is 3.11. The van der Waals surface area contributed by atoms with Crippen molar-refractivity contribution >= 4 is 11.6 Å². The van der Waals surface area contributed by atoms with Gasteiger partial charge >= 0.3 is 0 Å². The molecule has 1 aromatic carbocycles. The summed E-state index contributed by atoms with van der Waals surface area (Å²) in [6.07, 6.45) is 6.92. The van der Waals surface area contributed by atoms with Gasteiger partial charge in [0.15, 0.2) is 0 Å². The number of hydrogen-bond acceptors (Lipinski definition) is 5. The second kappa shape index (κ2) is 9.45. The lowest BCUT2D eigenvalue weighted by atomic mass is 10.1. The summed E-state index contributed by atoms with van der Waals surface area (Å²) in [6, 6.07) is 17.3. The highest BCUT2D eigenvalue weighted by molar-refractivity contribution is 6.30. The number of pyridine rings is 1. The van der Waals surface area contributed by atoms with Crippen LogP contribution in [-0.2, 0) is 26.2 Å². The summed E-state index contributed by atoms with van der Waals surface area (Å²) in [6.45, 7) is 2.35. The molecule has 0 saturated carbocycles. The first-order valence-corrected chi connectivity index (χ1v) is 9.71. The average Bonchev–Trinajstić information content (AvgIpc) is 3.42. The third kappa shape index (κ3) is 5.50. The first kappa shape index (κ1) is 19.3. The Morgan fingerprint density at radius 3 is 2.28 bits per heavy atom. The van der Waals surface area contributed by atoms with E-state index in [1.54, 1.807) is 24.9 Å². The van der Waals surface area contributed by atoms with E-state index < -0.39 is 0 Å². The molecule has 29 heavy (non-hydrogen) atoms. The fraction of sp³-hybridized carbons (Fsp3) is 0.174. The summed E-state index contributed by atoms with van der Waals surface area (Å²) in [5.41, 5.74) is 2.01. The third-order valence-electron chi connectivity index (χ3n) is 4.45. The molecule has 4 rings (SSSR count). The van der Waals surface area contributed by atoms with Gasteiger partial charge in [0.2, 0.25) is 0 Å². The molecule has 0 N–H and O–H groups in total. The van der Waals surface area contributed by atoms with Crippen molar-refractivity contribution in [3.63, 3.8) is 0 Å². The van der Waals surface area contributed by atoms with Gasteiger partial charge in [-0.3, -0.25) is 9.88 Å². The monoisotopic (exact) mass is 408 g/mol. The normalized spacial score (nSPS) is 11.1. The highest BCUT2D eigenvalue weighted by atomic mass is 35.5. The Morgan fingerprint density at radius 1 is 0.897 bits per heavy atom. The van der Waals surface area contributed by atoms with Crippen LogP contribution in [-0.4, -0.2) is 9.88 Å². The van der Waals surface area contributed by atoms with Crippen LogP contribution in [0.3, 0.4) is 0 Å². The van der Waals surface area contributed by atoms with Gasteiger partial charge in [0.05, 0.1) is 25.6 Å². The van der Waals surface area contributed by atoms with Crippen molar-refractivity contribution in [1.82, 2.24) is 9.88 Å². The summed E-state index contributed by atoms with van der Waals surface area (Å²) >= 11 is 6.28. The molecule has 0 spiro atoms. The predicted molar refractivity (Wildman–Crippen MR) is 110 cm³/mol. The number of halogens is 1. The largest absolute Gasteiger partial charge is 0.489 e. The summed E-state index contributed by atoms with van der Waals surface area (Å²) < 4.78 is 17.2. The Labute approximate surface area is 174 Å². The number of benzene rings is 1. The molecule has 3 aromatic heterocycles. The maximum absolute atomic E-state index is 6.28. The smallest absolute Gasteiger partial charge is 0.124 e. The van der Waals surface area contributed by atoms with E-state index in [0.717, 1.165) is 28.4 Å². The van der Waals surface area contributed by atoms with E-state index in [9.17, 15) is 0 Å². The molecule has 4 aromatic rings. The standard InChI is InChI=1S/C23H21ClN2O3/c24-20-7-8-23(29-17-18-4-1-9-25-13-18)19(12-20)14-26(15-21-5-2-10-27-21)16-22-6-3-11-28-22/h1-13H,14-17H2. The van der Waals surface area contributed by atoms with Crippen molar-refractivity contribution in [3.8, 4) is 5.75 Å². The van der Waals surface area contributed by atoms with Crippen LogP contribution in [0.15, 0.2) is 88.4 Å². The Bertz CT molecular complexity index is 966. The van der Waals surface area contributed by atoms with Gasteiger partial charge in [-0.15, -0.1) is 0 Å². The highest BCUT2D eigenvalue weighted by Crippen LogP contribution is 2.26. The first-order chi connectivity index (χ1) is 14.3. The summed E-state index contributed by atoms with van der Waals surface area (Å²) in [5, 5.41) is 0.671. The zero-order valence-corrected chi connectivity index (χ0v) is 16.6. The van der Waals surface area contributed by atoms with E-state index >= 15 is 0 Å². The van der Waals surface area contributed by atoms with Crippen molar-refractivity contribution in [2.75, 3.05) is 0 Å². The van der Waals surface area contributed by atoms with Crippen LogP contribution in [0.2, 0.25) is 5.02 Å². The predicted octanol–water partition coefficient (Wildman–Crippen LogP) is 5.70. The van der Waals surface area contributed by atoms with Crippen LogP contribution >= 0.6 is 11.6 Å². The van der Waals surface area contributed by atoms with Gasteiger partial charge in [0.1, 0.15) is 23.9 Å². The van der Waals surface area contributed by atoms with E-state index in [-0.39, 0.29) is 0 Å². The molecule has 0 saturated heterocycles. The summed E-state index contributed by atoms with van der Waals surface area (Å²) in [4.78, 5) is 6.36. The van der Waals surface area contributed by atoms with Crippen LogP contribution in [0.1, 0.15) is 22.6 Å². The molecule has 3 heterocycles. The van der Waals surface area contributed by atoms with Gasteiger partial charge in [-0.2, -0.15) is 0 Å². The van der Waals surface area contributed by atoms with Gasteiger partial charge < -0.3 is 13.6 Å². The lowest BCUT2D eigenvalue weighted by Gasteiger charge is -2.22. The molecule has 0 fully saturated rings. The van der Waals surface area contributed by atoms with Gasteiger partial charge in [0, 0.05) is 35.1 Å². The molecule has 0 aliphatic rings. The van der Waals surface area contributed by atoms with E-state index in [1.807, 2.05) is 54.6 Å². The Morgan fingerprint density at radius 2 is 1.66 bits per heavy atom. The summed E-state index contributed by atoms with van der Waals surface area (Å²) in [7, 11) is 0. The average molecular weight is 409 g/mol. The molecule has 148 valence electrons. The van der Waals surface area contributed by atoms with Gasteiger partial charge in [-0.25, -0.2) is 0 Å². The molecule has 0 atom stereocenters. The lowest BCUT2D eigenvalue weighted by Crippen LogP contribution is -2.22. The molecular formula is C23H21ClN2O3. The van der Waals surface area contributed by atoms with Crippen molar-refractivity contribution in [3.05, 3.63) is 107 Å². The molecule has 0 aliphatic heterocycles. The minimum absolute atomic E-state index is 0.443. The molecule has 0 radical (unpaired) electrons. The molecular weight excluding hydrogens is 388 g/mol. The minimum atomic E-state index is 0.443. The number of ether oxygens (including phenoxy) is 1. The van der Waals surface area contributed by atoms with Crippen LogP contribution < -0.4 is 4.74 Å². The third-order valence-corrected chi connectivity index (χ3v) is 4.69. The van der Waals surface area contributed by atoms with Crippen LogP contribution in [0.5, 0.6) is 5.75 Å². The zero-order chi connectivity index (χ0) is 19.9. The number of furan rings is 2. The van der Waals surface area contributed by atoms with Gasteiger partial charge in [-0.1, -0.05) is 17.7 Å². The van der Waals surface area contributed by atoms with Crippen molar-refractivity contribution in [2.24, 2.45) is 0 Å². The highest BCUT2D eigenvalue weighted by Gasteiger charge is 2.15. The maximum Gasteiger partial charge on any atom is 0.124 e. The van der Waals surface area contributed by atoms with E-state index in [4.69, 9.17) is 25.2 Å². The van der Waals surface area contributed by atoms with E-state index in [2.05, 4.69) is 9.88 Å². The van der Waals surface area contributed by atoms with Crippen molar-refractivity contribution in [2.45, 2.75) is 26.2 Å². The van der Waals surface area contributed by atoms with Gasteiger partial charge in [-0.05, 0) is 48.5 Å². The number of nitrogens with zero attached hydrogens (tertiary/aromatic N) is 2. The molecule has 5 nitrogen and oxygen atoms in total. The molecule has 6 heteroatoms. The van der Waals surface area contributed by atoms with Crippen LogP contribution in [0.25, 0.3) is 0 Å². The Hall–Kier alpha value is -3.02. The SMILES string of the molecule is Clc1ccc(OCc2cccnc2)c(CN(Cc2ccco2)Cc2ccco2)c1. The molecule has 0 amide bonds. The summed E-state index contributed by atoms with van der Waals surface area (Å²) in [5.74, 6) is 2.56. The first-order valence-electron chi connectivity index (χ1n) is 9.33. The second-order valence-electron chi connectivity index (χ2n) is 6.71. The molecule has 0 aliphatic carbocycles. The fourth-order valence-corrected chi connectivity index (χ4v) is 3.31. The molecule has 0 bridgehead atoms. The quantitative estimate of drug-likeness (QED) is 0.355. The van der Waals surface area contributed by atoms with Gasteiger partial charge in [0.25, 0.3) is 0 Å². The lowest BCUT2D eigenvalue weighted by molar-refractivity contribution is 0.204. The van der Waals surface area contributed by atoms with E-state index in [1.165, 1.54) is 0 Å². The topological polar surface area (TPSA) is 51.6 Å². The van der Waals surface area contributed by atoms with Crippen molar-refractivity contribution in [1.29, 1.82) is 0 Å². The van der Waals surface area contributed by atoms with E-state index in [0.29, 0.717) is 31.3 Å². The number of aromatic nitrogens is 1. The Balaban J connectivity index is 1.53. The minimum Gasteiger partial charge on any atom is -0.489 e. The van der Waals surface area contributed by atoms with Crippen molar-refractivity contribution < 1.29 is 13.6 Å². The number of hydrogen-bond donors (Lipinski definition) is 0. The zero-order valence-electron chi connectivity index (χ0n) is 15.8. The molecule has 0 unspecified atom stereocenters.